The number of piperidine rings is 1. The summed E-state index contributed by atoms with van der Waals surface area (Å²) in [6.07, 6.45) is 6.45. The predicted octanol–water partition coefficient (Wildman–Crippen LogP) is 5.03. The summed E-state index contributed by atoms with van der Waals surface area (Å²) in [5, 5.41) is 5.22. The minimum atomic E-state index is -0.0960. The minimum absolute atomic E-state index is 0.0620. The van der Waals surface area contributed by atoms with E-state index >= 15 is 0 Å². The Morgan fingerprint density at radius 3 is 2.71 bits per heavy atom. The number of hydrogen-bond donors (Lipinski definition) is 0. The standard InChI is InChI=1S/C23H23Cl2N5O/c1-12-4-7-19-22-17(21(27-13(2)28-22)14-10-26-29(3)11-14)9-20(12)30(19)23(31)16-6-5-15(24)8-18(16)25/h5-6,8,10-12,19-20H,4,7,9H2,1-3H3/t12-,19+,20?/m0/s1. The van der Waals surface area contributed by atoms with Gasteiger partial charge < -0.3 is 4.90 Å². The molecule has 2 aliphatic rings. The van der Waals surface area contributed by atoms with E-state index in [0.29, 0.717) is 33.8 Å². The van der Waals surface area contributed by atoms with Gasteiger partial charge in [-0.1, -0.05) is 30.1 Å². The lowest BCUT2D eigenvalue weighted by molar-refractivity contribution is 0.0230. The zero-order chi connectivity index (χ0) is 21.9. The number of benzene rings is 1. The second kappa shape index (κ2) is 7.61. The highest BCUT2D eigenvalue weighted by Crippen LogP contribution is 2.46. The quantitative estimate of drug-likeness (QED) is 0.543. The van der Waals surface area contributed by atoms with Crippen molar-refractivity contribution in [2.75, 3.05) is 0 Å². The third kappa shape index (κ3) is 3.42. The van der Waals surface area contributed by atoms with Crippen LogP contribution in [-0.4, -0.2) is 36.6 Å². The van der Waals surface area contributed by atoms with Gasteiger partial charge in [0.25, 0.3) is 5.91 Å². The first-order valence-electron chi connectivity index (χ1n) is 10.5. The van der Waals surface area contributed by atoms with Crippen molar-refractivity contribution in [3.8, 4) is 11.3 Å². The Hall–Kier alpha value is -2.44. The van der Waals surface area contributed by atoms with Crippen LogP contribution in [-0.2, 0) is 13.5 Å². The summed E-state index contributed by atoms with van der Waals surface area (Å²) in [5.41, 5.74) is 4.48. The molecule has 31 heavy (non-hydrogen) atoms. The molecule has 3 aromatic rings. The van der Waals surface area contributed by atoms with Crippen molar-refractivity contribution in [2.45, 2.75) is 45.2 Å². The van der Waals surface area contributed by atoms with Gasteiger partial charge in [-0.25, -0.2) is 9.97 Å². The summed E-state index contributed by atoms with van der Waals surface area (Å²) < 4.78 is 1.78. The summed E-state index contributed by atoms with van der Waals surface area (Å²) >= 11 is 12.5. The molecule has 2 bridgehead atoms. The Morgan fingerprint density at radius 1 is 1.19 bits per heavy atom. The molecule has 160 valence electrons. The number of nitrogens with zero attached hydrogens (tertiary/aromatic N) is 5. The number of carbonyl (C=O) groups excluding carboxylic acids is 1. The van der Waals surface area contributed by atoms with Crippen LogP contribution >= 0.6 is 23.2 Å². The Morgan fingerprint density at radius 2 is 2.00 bits per heavy atom. The maximum Gasteiger partial charge on any atom is 0.256 e. The van der Waals surface area contributed by atoms with Gasteiger partial charge in [0, 0.05) is 35.4 Å². The number of rotatable bonds is 2. The van der Waals surface area contributed by atoms with Crippen LogP contribution in [0.5, 0.6) is 0 Å². The van der Waals surface area contributed by atoms with Crippen LogP contribution in [0.3, 0.4) is 0 Å². The third-order valence-electron chi connectivity index (χ3n) is 6.50. The van der Waals surface area contributed by atoms with E-state index in [2.05, 4.69) is 12.0 Å². The first-order chi connectivity index (χ1) is 14.8. The molecule has 1 aromatic carbocycles. The van der Waals surface area contributed by atoms with Gasteiger partial charge in [-0.2, -0.15) is 5.10 Å². The second-order valence-electron chi connectivity index (χ2n) is 8.56. The SMILES string of the molecule is Cc1nc(-c2cnn(C)c2)c2c(n1)[C@H]1CC[C@H](C)C(C2)N1C(=O)c1ccc(Cl)cc1Cl. The van der Waals surface area contributed by atoms with Gasteiger partial charge in [-0.15, -0.1) is 0 Å². The number of carbonyl (C=O) groups is 1. The molecular formula is C23H23Cl2N5O. The van der Waals surface area contributed by atoms with E-state index in [1.165, 1.54) is 0 Å². The van der Waals surface area contributed by atoms with Gasteiger partial charge >= 0.3 is 0 Å². The molecule has 8 heteroatoms. The first kappa shape index (κ1) is 20.5. The first-order valence-corrected chi connectivity index (χ1v) is 11.2. The molecule has 1 amide bonds. The largest absolute Gasteiger partial charge is 0.326 e. The number of amides is 1. The van der Waals surface area contributed by atoms with E-state index in [4.69, 9.17) is 33.2 Å². The van der Waals surface area contributed by atoms with Crippen molar-refractivity contribution >= 4 is 29.1 Å². The molecule has 1 unspecified atom stereocenters. The van der Waals surface area contributed by atoms with Crippen molar-refractivity contribution in [1.82, 2.24) is 24.6 Å². The molecule has 5 rings (SSSR count). The Bertz CT molecular complexity index is 1190. The lowest BCUT2D eigenvalue weighted by atomic mass is 9.76. The molecule has 2 aliphatic heterocycles. The van der Waals surface area contributed by atoms with Gasteiger partial charge in [0.15, 0.2) is 0 Å². The van der Waals surface area contributed by atoms with Crippen molar-refractivity contribution in [3.05, 3.63) is 63.3 Å². The average molecular weight is 456 g/mol. The average Bonchev–Trinajstić information content (AvgIpc) is 3.16. The molecule has 0 spiro atoms. The smallest absolute Gasteiger partial charge is 0.256 e. The summed E-state index contributed by atoms with van der Waals surface area (Å²) in [7, 11) is 1.90. The highest BCUT2D eigenvalue weighted by Gasteiger charge is 2.45. The van der Waals surface area contributed by atoms with Gasteiger partial charge in [-0.3, -0.25) is 9.48 Å². The number of aromatic nitrogens is 4. The number of fused-ring (bicyclic) bond motifs is 4. The predicted molar refractivity (Wildman–Crippen MR) is 120 cm³/mol. The van der Waals surface area contributed by atoms with Gasteiger partial charge in [0.2, 0.25) is 0 Å². The fourth-order valence-corrected chi connectivity index (χ4v) is 5.49. The molecule has 4 heterocycles. The van der Waals surface area contributed by atoms with Crippen LogP contribution in [0.25, 0.3) is 11.3 Å². The van der Waals surface area contributed by atoms with Gasteiger partial charge in [0.05, 0.1) is 34.2 Å². The van der Waals surface area contributed by atoms with Crippen molar-refractivity contribution in [2.24, 2.45) is 13.0 Å². The summed E-state index contributed by atoms with van der Waals surface area (Å²) in [4.78, 5) is 25.3. The van der Waals surface area contributed by atoms with E-state index in [1.807, 2.05) is 31.3 Å². The Balaban J connectivity index is 1.64. The van der Waals surface area contributed by atoms with Crippen LogP contribution in [0.4, 0.5) is 0 Å². The highest BCUT2D eigenvalue weighted by molar-refractivity contribution is 6.36. The van der Waals surface area contributed by atoms with Crippen molar-refractivity contribution in [3.63, 3.8) is 0 Å². The minimum Gasteiger partial charge on any atom is -0.326 e. The molecule has 2 aromatic heterocycles. The van der Waals surface area contributed by atoms with Gasteiger partial charge in [-0.05, 0) is 50.3 Å². The zero-order valence-electron chi connectivity index (χ0n) is 17.6. The molecule has 3 atom stereocenters. The molecule has 0 radical (unpaired) electrons. The number of halogens is 2. The summed E-state index contributed by atoms with van der Waals surface area (Å²) in [6.45, 7) is 4.12. The van der Waals surface area contributed by atoms with Crippen LogP contribution in [0, 0.1) is 12.8 Å². The summed E-state index contributed by atoms with van der Waals surface area (Å²) in [6, 6.07) is 5.02. The lowest BCUT2D eigenvalue weighted by Gasteiger charge is -2.49. The number of hydrogen-bond acceptors (Lipinski definition) is 4. The van der Waals surface area contributed by atoms with Crippen molar-refractivity contribution in [1.29, 1.82) is 0 Å². The molecule has 6 nitrogen and oxygen atoms in total. The molecule has 0 aliphatic carbocycles. The fraction of sp³-hybridized carbons (Fsp3) is 0.391. The molecule has 1 fully saturated rings. The van der Waals surface area contributed by atoms with Crippen LogP contribution in [0.2, 0.25) is 10.0 Å². The fourth-order valence-electron chi connectivity index (χ4n) is 5.01. The third-order valence-corrected chi connectivity index (χ3v) is 7.05. The monoisotopic (exact) mass is 455 g/mol. The van der Waals surface area contributed by atoms with Crippen LogP contribution in [0.15, 0.2) is 30.6 Å². The van der Waals surface area contributed by atoms with E-state index in [9.17, 15) is 4.79 Å². The molecular weight excluding hydrogens is 433 g/mol. The summed E-state index contributed by atoms with van der Waals surface area (Å²) in [5.74, 6) is 1.00. The molecule has 1 saturated heterocycles. The topological polar surface area (TPSA) is 63.9 Å². The van der Waals surface area contributed by atoms with E-state index in [0.717, 1.165) is 35.4 Å². The normalized spacial score (nSPS) is 22.4. The molecule has 0 N–H and O–H groups in total. The van der Waals surface area contributed by atoms with E-state index < -0.39 is 0 Å². The highest BCUT2D eigenvalue weighted by atomic mass is 35.5. The van der Waals surface area contributed by atoms with Crippen LogP contribution in [0.1, 0.15) is 53.2 Å². The lowest BCUT2D eigenvalue weighted by Crippen LogP contribution is -2.53. The number of aryl methyl sites for hydroxylation is 2. The maximum atomic E-state index is 13.7. The second-order valence-corrected chi connectivity index (χ2v) is 9.41. The Kier molecular flexibility index (Phi) is 5.02. The molecule has 0 saturated carbocycles. The van der Waals surface area contributed by atoms with Gasteiger partial charge in [0.1, 0.15) is 5.82 Å². The van der Waals surface area contributed by atoms with Crippen molar-refractivity contribution < 1.29 is 4.79 Å². The van der Waals surface area contributed by atoms with E-state index in [1.54, 1.807) is 22.9 Å². The Labute approximate surface area is 191 Å². The maximum absolute atomic E-state index is 13.7. The zero-order valence-corrected chi connectivity index (χ0v) is 19.2. The van der Waals surface area contributed by atoms with E-state index in [-0.39, 0.29) is 18.0 Å². The van der Waals surface area contributed by atoms with Crippen LogP contribution < -0.4 is 0 Å².